The molecule has 0 aliphatic heterocycles. The fourth-order valence-corrected chi connectivity index (χ4v) is 1.76. The van der Waals surface area contributed by atoms with Crippen LogP contribution < -0.4 is 5.32 Å². The average Bonchev–Trinajstić information content (AvgIpc) is 2.61. The van der Waals surface area contributed by atoms with E-state index in [4.69, 9.17) is 16.0 Å². The molecule has 1 N–H and O–H groups in total. The number of nitrogens with one attached hydrogen (secondary N) is 1. The van der Waals surface area contributed by atoms with Crippen LogP contribution in [-0.2, 0) is 6.54 Å². The Morgan fingerprint density at radius 2 is 2.20 bits per heavy atom. The minimum absolute atomic E-state index is 0.633. The van der Waals surface area contributed by atoms with Crippen molar-refractivity contribution in [3.05, 3.63) is 51.9 Å². The van der Waals surface area contributed by atoms with Gasteiger partial charge < -0.3 is 9.73 Å². The molecule has 0 spiro atoms. The lowest BCUT2D eigenvalue weighted by Crippen LogP contribution is -1.98. The van der Waals surface area contributed by atoms with Crippen molar-refractivity contribution < 1.29 is 4.42 Å². The first kappa shape index (κ1) is 10.6. The van der Waals surface area contributed by atoms with Crippen molar-refractivity contribution in [3.8, 4) is 0 Å². The number of hydrogen-bond donors (Lipinski definition) is 1. The molecule has 0 saturated carbocycles. The van der Waals surface area contributed by atoms with Crippen LogP contribution in [0, 0.1) is 0 Å². The Morgan fingerprint density at radius 3 is 2.87 bits per heavy atom. The van der Waals surface area contributed by atoms with E-state index < -0.39 is 0 Å². The lowest BCUT2D eigenvalue weighted by molar-refractivity contribution is 0.516. The van der Waals surface area contributed by atoms with Crippen LogP contribution in [-0.4, -0.2) is 0 Å². The molecule has 0 saturated heterocycles. The molecule has 2 aromatic rings. The van der Waals surface area contributed by atoms with Crippen molar-refractivity contribution in [1.29, 1.82) is 0 Å². The van der Waals surface area contributed by atoms with Gasteiger partial charge in [-0.1, -0.05) is 17.7 Å². The minimum atomic E-state index is 0.633. The minimum Gasteiger partial charge on any atom is -0.466 e. The predicted molar refractivity (Wildman–Crippen MR) is 65.2 cm³/mol. The molecule has 15 heavy (non-hydrogen) atoms. The summed E-state index contributed by atoms with van der Waals surface area (Å²) in [5.41, 5.74) is 0.978. The first-order chi connectivity index (χ1) is 7.25. The van der Waals surface area contributed by atoms with E-state index in [2.05, 4.69) is 21.2 Å². The SMILES string of the molecule is Clc1cccc(NCc2occc2Br)c1. The van der Waals surface area contributed by atoms with Crippen molar-refractivity contribution in [3.63, 3.8) is 0 Å². The molecule has 1 aromatic heterocycles. The van der Waals surface area contributed by atoms with Gasteiger partial charge in [0.05, 0.1) is 17.3 Å². The van der Waals surface area contributed by atoms with Gasteiger partial charge in [-0.15, -0.1) is 0 Å². The standard InChI is InChI=1S/C11H9BrClNO/c12-10-4-5-15-11(10)7-14-9-3-1-2-8(13)6-9/h1-6,14H,7H2. The van der Waals surface area contributed by atoms with E-state index in [1.165, 1.54) is 0 Å². The van der Waals surface area contributed by atoms with E-state index >= 15 is 0 Å². The van der Waals surface area contributed by atoms with E-state index in [9.17, 15) is 0 Å². The molecule has 0 amide bonds. The Hall–Kier alpha value is -0.930. The molecule has 0 aliphatic rings. The molecule has 78 valence electrons. The lowest BCUT2D eigenvalue weighted by atomic mass is 10.3. The largest absolute Gasteiger partial charge is 0.466 e. The highest BCUT2D eigenvalue weighted by molar-refractivity contribution is 9.10. The van der Waals surface area contributed by atoms with Gasteiger partial charge in [0, 0.05) is 10.7 Å². The summed E-state index contributed by atoms with van der Waals surface area (Å²) >= 11 is 9.26. The normalized spacial score (nSPS) is 10.3. The van der Waals surface area contributed by atoms with Crippen LogP contribution in [0.25, 0.3) is 0 Å². The molecule has 0 bridgehead atoms. The summed E-state index contributed by atoms with van der Waals surface area (Å²) in [6.45, 7) is 0.633. The van der Waals surface area contributed by atoms with Crippen LogP contribution in [0.3, 0.4) is 0 Å². The Labute approximate surface area is 101 Å². The maximum absolute atomic E-state index is 5.86. The Balaban J connectivity index is 2.02. The Morgan fingerprint density at radius 1 is 1.33 bits per heavy atom. The van der Waals surface area contributed by atoms with Crippen molar-refractivity contribution in [2.75, 3.05) is 5.32 Å². The maximum Gasteiger partial charge on any atom is 0.136 e. The zero-order valence-corrected chi connectivity index (χ0v) is 10.2. The second-order valence-corrected chi connectivity index (χ2v) is 4.35. The summed E-state index contributed by atoms with van der Waals surface area (Å²) in [6.07, 6.45) is 1.65. The Bertz CT molecular complexity index is 455. The second kappa shape index (κ2) is 4.73. The lowest BCUT2D eigenvalue weighted by Gasteiger charge is -2.04. The van der Waals surface area contributed by atoms with Gasteiger partial charge in [-0.05, 0) is 40.2 Å². The predicted octanol–water partition coefficient (Wildman–Crippen LogP) is 4.31. The van der Waals surface area contributed by atoms with E-state index in [0.717, 1.165) is 20.9 Å². The van der Waals surface area contributed by atoms with Gasteiger partial charge in [0.25, 0.3) is 0 Å². The molecule has 2 rings (SSSR count). The zero-order chi connectivity index (χ0) is 10.7. The van der Waals surface area contributed by atoms with Gasteiger partial charge in [0.2, 0.25) is 0 Å². The number of benzene rings is 1. The number of anilines is 1. The summed E-state index contributed by atoms with van der Waals surface area (Å²) < 4.78 is 6.24. The van der Waals surface area contributed by atoms with Crippen molar-refractivity contribution in [1.82, 2.24) is 0 Å². The first-order valence-corrected chi connectivity index (χ1v) is 5.64. The Kier molecular flexibility index (Phi) is 3.34. The third-order valence-electron chi connectivity index (χ3n) is 1.97. The third-order valence-corrected chi connectivity index (χ3v) is 2.91. The summed E-state index contributed by atoms with van der Waals surface area (Å²) in [6, 6.07) is 9.45. The van der Waals surface area contributed by atoms with Crippen molar-refractivity contribution in [2.45, 2.75) is 6.54 Å². The summed E-state index contributed by atoms with van der Waals surface area (Å²) in [4.78, 5) is 0. The fraction of sp³-hybridized carbons (Fsp3) is 0.0909. The fourth-order valence-electron chi connectivity index (χ4n) is 1.23. The van der Waals surface area contributed by atoms with Crippen LogP contribution in [0.15, 0.2) is 45.5 Å². The summed E-state index contributed by atoms with van der Waals surface area (Å²) in [5, 5.41) is 3.94. The molecule has 0 radical (unpaired) electrons. The van der Waals surface area contributed by atoms with Gasteiger partial charge in [-0.2, -0.15) is 0 Å². The molecule has 0 aliphatic carbocycles. The second-order valence-electron chi connectivity index (χ2n) is 3.06. The highest BCUT2D eigenvalue weighted by Gasteiger charge is 2.02. The van der Waals surface area contributed by atoms with Gasteiger partial charge >= 0.3 is 0 Å². The molecule has 1 heterocycles. The average molecular weight is 287 g/mol. The topological polar surface area (TPSA) is 25.2 Å². The van der Waals surface area contributed by atoms with Gasteiger partial charge in [0.1, 0.15) is 5.76 Å². The van der Waals surface area contributed by atoms with Crippen LogP contribution in [0.1, 0.15) is 5.76 Å². The monoisotopic (exact) mass is 285 g/mol. The van der Waals surface area contributed by atoms with E-state index in [-0.39, 0.29) is 0 Å². The molecule has 0 fully saturated rings. The van der Waals surface area contributed by atoms with Crippen LogP contribution >= 0.6 is 27.5 Å². The summed E-state index contributed by atoms with van der Waals surface area (Å²) in [5.74, 6) is 0.870. The van der Waals surface area contributed by atoms with Gasteiger partial charge in [0.15, 0.2) is 0 Å². The number of rotatable bonds is 3. The smallest absolute Gasteiger partial charge is 0.136 e. The van der Waals surface area contributed by atoms with E-state index in [0.29, 0.717) is 6.54 Å². The highest BCUT2D eigenvalue weighted by atomic mass is 79.9. The molecule has 1 aromatic carbocycles. The third kappa shape index (κ3) is 2.76. The zero-order valence-electron chi connectivity index (χ0n) is 7.84. The molecular formula is C11H9BrClNO. The van der Waals surface area contributed by atoms with Gasteiger partial charge in [-0.25, -0.2) is 0 Å². The van der Waals surface area contributed by atoms with Crippen molar-refractivity contribution in [2.24, 2.45) is 0 Å². The molecule has 4 heteroatoms. The quantitative estimate of drug-likeness (QED) is 0.909. The van der Waals surface area contributed by atoms with E-state index in [1.54, 1.807) is 6.26 Å². The molecule has 0 unspecified atom stereocenters. The summed E-state index contributed by atoms with van der Waals surface area (Å²) in [7, 11) is 0. The molecular weight excluding hydrogens is 277 g/mol. The van der Waals surface area contributed by atoms with Gasteiger partial charge in [-0.3, -0.25) is 0 Å². The van der Waals surface area contributed by atoms with Crippen LogP contribution in [0.2, 0.25) is 5.02 Å². The molecule has 2 nitrogen and oxygen atoms in total. The first-order valence-electron chi connectivity index (χ1n) is 4.47. The number of hydrogen-bond acceptors (Lipinski definition) is 2. The number of halogens is 2. The van der Waals surface area contributed by atoms with E-state index in [1.807, 2.05) is 30.3 Å². The van der Waals surface area contributed by atoms with Crippen LogP contribution in [0.5, 0.6) is 0 Å². The maximum atomic E-state index is 5.86. The number of furan rings is 1. The highest BCUT2D eigenvalue weighted by Crippen LogP contribution is 2.20. The molecule has 0 atom stereocenters. The van der Waals surface area contributed by atoms with Crippen molar-refractivity contribution >= 4 is 33.2 Å². The van der Waals surface area contributed by atoms with Crippen LogP contribution in [0.4, 0.5) is 5.69 Å².